The predicted octanol–water partition coefficient (Wildman–Crippen LogP) is 3.56. The van der Waals surface area contributed by atoms with Gasteiger partial charge in [0.1, 0.15) is 11.5 Å². The van der Waals surface area contributed by atoms with E-state index in [0.717, 1.165) is 0 Å². The molecule has 0 radical (unpaired) electrons. The van der Waals surface area contributed by atoms with Gasteiger partial charge in [0.25, 0.3) is 5.91 Å². The smallest absolute Gasteiger partial charge is 0.375 e. The lowest BCUT2D eigenvalue weighted by Crippen LogP contribution is -2.28. The highest BCUT2D eigenvalue weighted by Crippen LogP contribution is 2.31. The summed E-state index contributed by atoms with van der Waals surface area (Å²) in [6.45, 7) is 3.25. The molecule has 2 N–H and O–H groups in total. The Hall–Kier alpha value is -4.34. The fourth-order valence-corrected chi connectivity index (χ4v) is 3.27. The van der Waals surface area contributed by atoms with Crippen LogP contribution < -0.4 is 5.32 Å². The molecule has 2 aromatic heterocycles. The number of amides is 1. The zero-order valence-electron chi connectivity index (χ0n) is 17.1. The SMILES string of the molecule is Cc1nn(-c2ccccc2)nc1C(=O)NC(C)c1c(-c2ccc(F)cc2)noc1C(=O)O. The predicted molar refractivity (Wildman–Crippen MR) is 111 cm³/mol. The third-order valence-corrected chi connectivity index (χ3v) is 4.80. The van der Waals surface area contributed by atoms with E-state index in [-0.39, 0.29) is 17.0 Å². The Morgan fingerprint density at radius 1 is 1.09 bits per heavy atom. The molecule has 1 unspecified atom stereocenters. The summed E-state index contributed by atoms with van der Waals surface area (Å²) in [5.74, 6) is -2.75. The Balaban J connectivity index is 1.64. The van der Waals surface area contributed by atoms with E-state index in [4.69, 9.17) is 4.52 Å². The second-order valence-electron chi connectivity index (χ2n) is 7.04. The van der Waals surface area contributed by atoms with Crippen molar-refractivity contribution in [1.82, 2.24) is 25.5 Å². The van der Waals surface area contributed by atoms with Gasteiger partial charge in [0.2, 0.25) is 5.76 Å². The summed E-state index contributed by atoms with van der Waals surface area (Å²) in [7, 11) is 0. The monoisotopic (exact) mass is 435 g/mol. The van der Waals surface area contributed by atoms with Crippen molar-refractivity contribution < 1.29 is 23.6 Å². The van der Waals surface area contributed by atoms with Gasteiger partial charge in [-0.05, 0) is 50.2 Å². The first-order valence-corrected chi connectivity index (χ1v) is 9.64. The van der Waals surface area contributed by atoms with Crippen molar-refractivity contribution in [2.75, 3.05) is 0 Å². The van der Waals surface area contributed by atoms with E-state index < -0.39 is 29.5 Å². The highest BCUT2D eigenvalue weighted by atomic mass is 19.1. The van der Waals surface area contributed by atoms with Crippen molar-refractivity contribution >= 4 is 11.9 Å². The van der Waals surface area contributed by atoms with E-state index in [1.54, 1.807) is 26.0 Å². The lowest BCUT2D eigenvalue weighted by molar-refractivity contribution is 0.0648. The van der Waals surface area contributed by atoms with Crippen LogP contribution in [0, 0.1) is 12.7 Å². The van der Waals surface area contributed by atoms with Gasteiger partial charge in [0.05, 0.1) is 23.0 Å². The molecule has 4 aromatic rings. The molecule has 0 bridgehead atoms. The van der Waals surface area contributed by atoms with E-state index in [2.05, 4.69) is 20.7 Å². The van der Waals surface area contributed by atoms with E-state index in [1.165, 1.54) is 29.1 Å². The van der Waals surface area contributed by atoms with Gasteiger partial charge in [0.15, 0.2) is 5.69 Å². The molecule has 0 aliphatic carbocycles. The highest BCUT2D eigenvalue weighted by molar-refractivity contribution is 5.94. The van der Waals surface area contributed by atoms with Gasteiger partial charge in [-0.1, -0.05) is 23.4 Å². The van der Waals surface area contributed by atoms with Crippen LogP contribution in [0.15, 0.2) is 59.1 Å². The molecule has 162 valence electrons. The van der Waals surface area contributed by atoms with Crippen molar-refractivity contribution in [3.63, 3.8) is 0 Å². The fraction of sp³-hybridized carbons (Fsp3) is 0.136. The standard InChI is InChI=1S/C22H18FN5O4/c1-12(17-19(27-32-20(17)22(30)31)14-8-10-15(23)11-9-14)24-21(29)18-13(2)25-28(26-18)16-6-4-3-5-7-16/h3-12H,1-2H3,(H,24,29)(H,30,31). The zero-order valence-corrected chi connectivity index (χ0v) is 17.1. The zero-order chi connectivity index (χ0) is 22.8. The average molecular weight is 435 g/mol. The number of hydrogen-bond acceptors (Lipinski definition) is 6. The minimum atomic E-state index is -1.34. The van der Waals surface area contributed by atoms with E-state index >= 15 is 0 Å². The Morgan fingerprint density at radius 2 is 1.78 bits per heavy atom. The Kier molecular flexibility index (Phi) is 5.50. The van der Waals surface area contributed by atoms with E-state index in [1.807, 2.05) is 18.2 Å². The highest BCUT2D eigenvalue weighted by Gasteiger charge is 2.29. The quantitative estimate of drug-likeness (QED) is 0.475. The number of aromatic carboxylic acids is 1. The van der Waals surface area contributed by atoms with Crippen LogP contribution in [0.2, 0.25) is 0 Å². The number of halogens is 1. The molecule has 32 heavy (non-hydrogen) atoms. The summed E-state index contributed by atoms with van der Waals surface area (Å²) in [6, 6.07) is 13.7. The molecule has 1 atom stereocenters. The van der Waals surface area contributed by atoms with Crippen LogP contribution in [0.1, 0.15) is 45.3 Å². The molecule has 0 spiro atoms. The van der Waals surface area contributed by atoms with Crippen LogP contribution in [0.25, 0.3) is 16.9 Å². The summed E-state index contributed by atoms with van der Waals surface area (Å²) >= 11 is 0. The van der Waals surface area contributed by atoms with Gasteiger partial charge in [-0.3, -0.25) is 4.79 Å². The first kappa shape index (κ1) is 20.9. The molecule has 9 nitrogen and oxygen atoms in total. The molecule has 2 aromatic carbocycles. The maximum atomic E-state index is 13.3. The molecule has 0 aliphatic heterocycles. The first-order valence-electron chi connectivity index (χ1n) is 9.64. The maximum absolute atomic E-state index is 13.3. The minimum absolute atomic E-state index is 0.0948. The van der Waals surface area contributed by atoms with Crippen molar-refractivity contribution in [3.8, 4) is 16.9 Å². The van der Waals surface area contributed by atoms with Gasteiger partial charge < -0.3 is 14.9 Å². The van der Waals surface area contributed by atoms with Crippen LogP contribution in [0.5, 0.6) is 0 Å². The first-order chi connectivity index (χ1) is 15.3. The molecular weight excluding hydrogens is 417 g/mol. The van der Waals surface area contributed by atoms with Crippen LogP contribution in [0.4, 0.5) is 4.39 Å². The molecular formula is C22H18FN5O4. The second kappa shape index (κ2) is 8.42. The van der Waals surface area contributed by atoms with Crippen molar-refractivity contribution in [2.24, 2.45) is 0 Å². The van der Waals surface area contributed by atoms with Crippen LogP contribution >= 0.6 is 0 Å². The number of para-hydroxylation sites is 1. The van der Waals surface area contributed by atoms with Crippen LogP contribution in [0.3, 0.4) is 0 Å². The minimum Gasteiger partial charge on any atom is -0.475 e. The van der Waals surface area contributed by atoms with Gasteiger partial charge in [-0.25, -0.2) is 9.18 Å². The topological polar surface area (TPSA) is 123 Å². The number of carboxylic acid groups (broad SMARTS) is 1. The normalized spacial score (nSPS) is 11.8. The van der Waals surface area contributed by atoms with Crippen molar-refractivity contribution in [3.05, 3.63) is 83.1 Å². The lowest BCUT2D eigenvalue weighted by atomic mass is 10.0. The van der Waals surface area contributed by atoms with Gasteiger partial charge in [0, 0.05) is 5.56 Å². The second-order valence-corrected chi connectivity index (χ2v) is 7.04. The molecule has 0 saturated heterocycles. The lowest BCUT2D eigenvalue weighted by Gasteiger charge is -2.14. The molecule has 10 heteroatoms. The van der Waals surface area contributed by atoms with Gasteiger partial charge in [-0.2, -0.15) is 9.90 Å². The summed E-state index contributed by atoms with van der Waals surface area (Å²) in [5, 5.41) is 24.6. The maximum Gasteiger partial charge on any atom is 0.375 e. The Morgan fingerprint density at radius 3 is 2.44 bits per heavy atom. The van der Waals surface area contributed by atoms with Gasteiger partial charge in [-0.15, -0.1) is 5.10 Å². The van der Waals surface area contributed by atoms with E-state index in [9.17, 15) is 19.1 Å². The molecule has 0 aliphatic rings. The number of nitrogens with one attached hydrogen (secondary N) is 1. The number of aromatic nitrogens is 4. The van der Waals surface area contributed by atoms with Crippen LogP contribution in [-0.2, 0) is 0 Å². The Bertz CT molecular complexity index is 1280. The molecule has 4 rings (SSSR count). The Labute approximate surface area is 181 Å². The van der Waals surface area contributed by atoms with Crippen molar-refractivity contribution in [2.45, 2.75) is 19.9 Å². The summed E-state index contributed by atoms with van der Waals surface area (Å²) < 4.78 is 18.3. The van der Waals surface area contributed by atoms with Crippen molar-refractivity contribution in [1.29, 1.82) is 0 Å². The third-order valence-electron chi connectivity index (χ3n) is 4.80. The molecule has 0 saturated carbocycles. The van der Waals surface area contributed by atoms with Gasteiger partial charge >= 0.3 is 5.97 Å². The fourth-order valence-electron chi connectivity index (χ4n) is 3.27. The summed E-state index contributed by atoms with van der Waals surface area (Å²) in [6.07, 6.45) is 0. The third kappa shape index (κ3) is 3.97. The average Bonchev–Trinajstić information content (AvgIpc) is 3.39. The van der Waals surface area contributed by atoms with Crippen LogP contribution in [-0.4, -0.2) is 37.1 Å². The van der Waals surface area contributed by atoms with E-state index in [0.29, 0.717) is 16.9 Å². The summed E-state index contributed by atoms with van der Waals surface area (Å²) in [4.78, 5) is 25.9. The number of nitrogens with zero attached hydrogens (tertiary/aromatic N) is 4. The largest absolute Gasteiger partial charge is 0.475 e. The number of rotatable bonds is 6. The number of aryl methyl sites for hydroxylation is 1. The number of benzene rings is 2. The summed E-state index contributed by atoms with van der Waals surface area (Å²) in [5.41, 5.74) is 1.99. The number of carbonyl (C=O) groups excluding carboxylic acids is 1. The number of carboxylic acids is 1. The number of carbonyl (C=O) groups is 2. The molecule has 2 heterocycles. The number of hydrogen-bond donors (Lipinski definition) is 2. The molecule has 1 amide bonds. The molecule has 0 fully saturated rings.